The normalized spacial score (nSPS) is 9.67. The van der Waals surface area contributed by atoms with Crippen molar-refractivity contribution in [2.24, 2.45) is 0 Å². The summed E-state index contributed by atoms with van der Waals surface area (Å²) in [5.74, 6) is 1.34. The first-order valence-electron chi connectivity index (χ1n) is 7.07. The zero-order valence-corrected chi connectivity index (χ0v) is 17.1. The van der Waals surface area contributed by atoms with Crippen LogP contribution in [0.1, 0.15) is 31.9 Å². The molecule has 2 rings (SSSR count). The molecule has 0 fully saturated rings. The Morgan fingerprint density at radius 1 is 0.833 bits per heavy atom. The minimum atomic E-state index is -0.143. The van der Waals surface area contributed by atoms with Gasteiger partial charge in [-0.25, -0.2) is 0 Å². The molecule has 0 heterocycles. The molecule has 0 aliphatic carbocycles. The van der Waals surface area contributed by atoms with Gasteiger partial charge in [0, 0.05) is 5.41 Å². The molecule has 0 unspecified atom stereocenters. The standard InChI is InChI=1S/C17H17O3.C2H3O.W/c1-17(2,13-4-8-15(19-3)9-5-13)14-6-10-16(11-7-14)20-12-18;1-2-3;/h4-11H,1-3H3;1H3;/q2*-1;+2. The molecule has 4 nitrogen and oxygen atoms in total. The molecule has 0 saturated heterocycles. The third kappa shape index (κ3) is 5.93. The number of benzene rings is 2. The molecule has 0 amide bonds. The first-order chi connectivity index (χ1) is 11.0. The van der Waals surface area contributed by atoms with Crippen molar-refractivity contribution < 1.29 is 40.1 Å². The Hall–Kier alpha value is -1.93. The second-order valence-electron chi connectivity index (χ2n) is 5.27. The van der Waals surface area contributed by atoms with Gasteiger partial charge in [-0.1, -0.05) is 38.1 Å². The maximum Gasteiger partial charge on any atom is 2.00 e. The topological polar surface area (TPSA) is 52.6 Å². The van der Waals surface area contributed by atoms with Gasteiger partial charge in [0.25, 0.3) is 0 Å². The van der Waals surface area contributed by atoms with E-state index < -0.39 is 0 Å². The van der Waals surface area contributed by atoms with Crippen molar-refractivity contribution in [2.75, 3.05) is 7.11 Å². The van der Waals surface area contributed by atoms with Gasteiger partial charge in [-0.05, 0) is 29.0 Å². The fraction of sp³-hybridized carbons (Fsp3) is 0.263. The smallest absolute Gasteiger partial charge is 0.610 e. The van der Waals surface area contributed by atoms with E-state index >= 15 is 0 Å². The minimum Gasteiger partial charge on any atom is -0.610 e. The number of carbonyl (C=O) groups excluding carboxylic acids is 2. The molecule has 0 bridgehead atoms. The van der Waals surface area contributed by atoms with E-state index in [-0.39, 0.29) is 26.5 Å². The van der Waals surface area contributed by atoms with Crippen LogP contribution in [0.2, 0.25) is 0 Å². The van der Waals surface area contributed by atoms with Gasteiger partial charge in [-0.15, -0.1) is 12.1 Å². The third-order valence-corrected chi connectivity index (χ3v) is 3.55. The molecule has 0 aliphatic heterocycles. The predicted octanol–water partition coefficient (Wildman–Crippen LogP) is 3.58. The molecule has 5 heteroatoms. The fourth-order valence-corrected chi connectivity index (χ4v) is 2.16. The van der Waals surface area contributed by atoms with Crippen LogP contribution in [0.5, 0.6) is 11.5 Å². The van der Waals surface area contributed by atoms with E-state index in [1.165, 1.54) is 25.2 Å². The summed E-state index contributed by atoms with van der Waals surface area (Å²) in [4.78, 5) is 18.9. The van der Waals surface area contributed by atoms with Gasteiger partial charge in [0.05, 0.1) is 7.11 Å². The second kappa shape index (κ2) is 10.8. The zero-order valence-electron chi connectivity index (χ0n) is 14.2. The Bertz CT molecular complexity index is 619. The van der Waals surface area contributed by atoms with Crippen LogP contribution in [-0.2, 0) is 36.1 Å². The summed E-state index contributed by atoms with van der Waals surface area (Å²) in [6, 6.07) is 15.5. The van der Waals surface area contributed by atoms with Crippen LogP contribution in [0.25, 0.3) is 0 Å². The quantitative estimate of drug-likeness (QED) is 0.595. The van der Waals surface area contributed by atoms with Crippen LogP contribution in [0, 0.1) is 0 Å². The second-order valence-corrected chi connectivity index (χ2v) is 5.27. The summed E-state index contributed by atoms with van der Waals surface area (Å²) >= 11 is 0. The summed E-state index contributed by atoms with van der Waals surface area (Å²) in [5, 5.41) is 0. The Balaban J connectivity index is 0.00000123. The Kier molecular flexibility index (Phi) is 9.90. The predicted molar refractivity (Wildman–Crippen MR) is 89.3 cm³/mol. The van der Waals surface area contributed by atoms with Crippen LogP contribution >= 0.6 is 0 Å². The number of rotatable bonds is 5. The van der Waals surface area contributed by atoms with Crippen molar-refractivity contribution in [3.63, 3.8) is 0 Å². The minimum absolute atomic E-state index is 0. The summed E-state index contributed by atoms with van der Waals surface area (Å²) < 4.78 is 9.86. The molecule has 0 spiro atoms. The SMILES string of the molecule is COc1ccc(C(C)(C)c2ccc(O[C-]=O)cc2)cc1.C[C-]=O.[W+2]. The molecule has 0 atom stereocenters. The Labute approximate surface area is 157 Å². The average molecular weight is 496 g/mol. The van der Waals surface area contributed by atoms with Gasteiger partial charge >= 0.3 is 21.1 Å². The van der Waals surface area contributed by atoms with Crippen molar-refractivity contribution in [1.82, 2.24) is 0 Å². The summed E-state index contributed by atoms with van der Waals surface area (Å²) in [7, 11) is 1.66. The van der Waals surface area contributed by atoms with E-state index in [1.54, 1.807) is 19.2 Å². The van der Waals surface area contributed by atoms with E-state index in [4.69, 9.17) is 9.53 Å². The molecule has 0 aliphatic rings. The van der Waals surface area contributed by atoms with Gasteiger partial charge in [-0.3, -0.25) is 6.29 Å². The molecule has 2 aromatic carbocycles. The summed E-state index contributed by atoms with van der Waals surface area (Å²) in [5.41, 5.74) is 2.19. The van der Waals surface area contributed by atoms with Crippen LogP contribution < -0.4 is 9.47 Å². The number of hydrogen-bond donors (Lipinski definition) is 0. The first-order valence-corrected chi connectivity index (χ1v) is 7.07. The van der Waals surface area contributed by atoms with Gasteiger partial charge in [0.1, 0.15) is 5.75 Å². The Morgan fingerprint density at radius 3 is 1.54 bits per heavy atom. The molecule has 0 radical (unpaired) electrons. The van der Waals surface area contributed by atoms with Crippen LogP contribution in [0.15, 0.2) is 48.5 Å². The van der Waals surface area contributed by atoms with E-state index in [0.717, 1.165) is 11.3 Å². The van der Waals surface area contributed by atoms with Crippen LogP contribution in [0.3, 0.4) is 0 Å². The zero-order chi connectivity index (χ0) is 17.3. The summed E-state index contributed by atoms with van der Waals surface area (Å²) in [6.07, 6.45) is 1.50. The van der Waals surface area contributed by atoms with Gasteiger partial charge in [0.15, 0.2) is 6.47 Å². The molecule has 0 N–H and O–H groups in total. The molecule has 0 saturated carbocycles. The molecule has 24 heavy (non-hydrogen) atoms. The van der Waals surface area contributed by atoms with Crippen LogP contribution in [0.4, 0.5) is 0 Å². The van der Waals surface area contributed by atoms with Crippen molar-refractivity contribution >= 4 is 12.8 Å². The van der Waals surface area contributed by atoms with Crippen molar-refractivity contribution in [2.45, 2.75) is 26.2 Å². The molecular formula is C19H20O4W. The van der Waals surface area contributed by atoms with E-state index in [9.17, 15) is 4.79 Å². The number of methoxy groups -OCH3 is 1. The molecule has 0 aromatic heterocycles. The van der Waals surface area contributed by atoms with Crippen molar-refractivity contribution in [3.05, 3.63) is 59.7 Å². The van der Waals surface area contributed by atoms with Gasteiger partial charge in [-0.2, -0.15) is 6.92 Å². The monoisotopic (exact) mass is 496 g/mol. The molecule has 2 aromatic rings. The molecule has 126 valence electrons. The van der Waals surface area contributed by atoms with Gasteiger partial charge in [0.2, 0.25) is 0 Å². The number of ether oxygens (including phenoxy) is 2. The maximum atomic E-state index is 10.2. The van der Waals surface area contributed by atoms with E-state index in [1.807, 2.05) is 24.3 Å². The van der Waals surface area contributed by atoms with Crippen molar-refractivity contribution in [1.29, 1.82) is 0 Å². The third-order valence-electron chi connectivity index (χ3n) is 3.55. The van der Waals surface area contributed by atoms with Crippen molar-refractivity contribution in [3.8, 4) is 11.5 Å². The van der Waals surface area contributed by atoms with Gasteiger partial charge < -0.3 is 19.1 Å². The van der Waals surface area contributed by atoms with E-state index in [2.05, 4.69) is 30.7 Å². The average Bonchev–Trinajstić information content (AvgIpc) is 2.56. The molecular weight excluding hydrogens is 476 g/mol. The number of hydrogen-bond acceptors (Lipinski definition) is 4. The largest absolute Gasteiger partial charge is 2.00 e. The first kappa shape index (κ1) is 22.1. The van der Waals surface area contributed by atoms with Crippen LogP contribution in [-0.4, -0.2) is 19.9 Å². The maximum absolute atomic E-state index is 10.2. The Morgan fingerprint density at radius 2 is 1.21 bits per heavy atom. The fourth-order valence-electron chi connectivity index (χ4n) is 2.16. The van der Waals surface area contributed by atoms with E-state index in [0.29, 0.717) is 5.75 Å². The summed E-state index contributed by atoms with van der Waals surface area (Å²) in [6.45, 7) is 7.04.